The maximum absolute atomic E-state index is 12.2. The Morgan fingerprint density at radius 1 is 1.43 bits per heavy atom. The summed E-state index contributed by atoms with van der Waals surface area (Å²) < 4.78 is 0. The van der Waals surface area contributed by atoms with Crippen LogP contribution in [0.5, 0.6) is 0 Å². The molecule has 2 aliphatic rings. The van der Waals surface area contributed by atoms with Crippen molar-refractivity contribution in [3.63, 3.8) is 0 Å². The van der Waals surface area contributed by atoms with E-state index in [0.717, 1.165) is 17.7 Å². The Morgan fingerprint density at radius 2 is 2.19 bits per heavy atom. The molecule has 5 heteroatoms. The summed E-state index contributed by atoms with van der Waals surface area (Å²) in [6.45, 7) is 3.24. The number of likely N-dealkylation sites (tertiary alicyclic amines) is 1. The molecule has 0 bridgehead atoms. The van der Waals surface area contributed by atoms with Crippen LogP contribution in [-0.2, 0) is 16.1 Å². The average Bonchev–Trinajstić information content (AvgIpc) is 3.16. The van der Waals surface area contributed by atoms with Gasteiger partial charge in [0, 0.05) is 23.9 Å². The fourth-order valence-electron chi connectivity index (χ4n) is 3.38. The summed E-state index contributed by atoms with van der Waals surface area (Å²) in [5, 5.41) is 5.06. The lowest BCUT2D eigenvalue weighted by atomic mass is 10.1. The predicted molar refractivity (Wildman–Crippen MR) is 83.0 cm³/mol. The summed E-state index contributed by atoms with van der Waals surface area (Å²) >= 11 is 1.66. The maximum atomic E-state index is 12.2. The normalized spacial score (nSPS) is 23.0. The Kier molecular flexibility index (Phi) is 4.29. The van der Waals surface area contributed by atoms with E-state index < -0.39 is 0 Å². The van der Waals surface area contributed by atoms with Crippen LogP contribution in [0.3, 0.4) is 0 Å². The summed E-state index contributed by atoms with van der Waals surface area (Å²) in [4.78, 5) is 27.5. The average molecular weight is 306 g/mol. The van der Waals surface area contributed by atoms with E-state index in [9.17, 15) is 9.59 Å². The summed E-state index contributed by atoms with van der Waals surface area (Å²) in [7, 11) is 0. The minimum absolute atomic E-state index is 0.0231. The highest BCUT2D eigenvalue weighted by Gasteiger charge is 2.38. The van der Waals surface area contributed by atoms with Crippen LogP contribution in [0.15, 0.2) is 11.4 Å². The van der Waals surface area contributed by atoms with Gasteiger partial charge in [-0.15, -0.1) is 11.3 Å². The number of carbonyl (C=O) groups is 2. The third-order valence-corrected chi connectivity index (χ3v) is 5.57. The predicted octanol–water partition coefficient (Wildman–Crippen LogP) is 2.46. The monoisotopic (exact) mass is 306 g/mol. The third-order valence-electron chi connectivity index (χ3n) is 4.52. The highest BCUT2D eigenvalue weighted by Crippen LogP contribution is 2.29. The van der Waals surface area contributed by atoms with Crippen molar-refractivity contribution < 1.29 is 9.59 Å². The summed E-state index contributed by atoms with van der Waals surface area (Å²) in [6.07, 6.45) is 5.01. The Labute approximate surface area is 129 Å². The van der Waals surface area contributed by atoms with Gasteiger partial charge in [-0.25, -0.2) is 0 Å². The van der Waals surface area contributed by atoms with E-state index >= 15 is 0 Å². The molecule has 1 unspecified atom stereocenters. The van der Waals surface area contributed by atoms with Crippen LogP contribution < -0.4 is 5.32 Å². The van der Waals surface area contributed by atoms with Crippen LogP contribution in [0.4, 0.5) is 0 Å². The molecule has 1 aromatic rings. The topological polar surface area (TPSA) is 49.4 Å². The molecular weight excluding hydrogens is 284 g/mol. The van der Waals surface area contributed by atoms with Crippen molar-refractivity contribution in [3.8, 4) is 0 Å². The minimum atomic E-state index is -0.167. The van der Waals surface area contributed by atoms with Crippen LogP contribution in [0.2, 0.25) is 0 Å². The molecule has 21 heavy (non-hydrogen) atoms. The highest BCUT2D eigenvalue weighted by atomic mass is 32.1. The lowest BCUT2D eigenvalue weighted by Crippen LogP contribution is -2.36. The fourth-order valence-corrected chi connectivity index (χ4v) is 4.19. The first-order valence-electron chi connectivity index (χ1n) is 7.74. The number of amides is 2. The number of nitrogens with one attached hydrogen (secondary N) is 1. The Hall–Kier alpha value is -1.36. The smallest absolute Gasteiger partial charge is 0.225 e. The van der Waals surface area contributed by atoms with Gasteiger partial charge in [0.05, 0.1) is 12.5 Å². The maximum Gasteiger partial charge on any atom is 0.225 e. The Balaban J connectivity index is 1.52. The van der Waals surface area contributed by atoms with Gasteiger partial charge in [-0.3, -0.25) is 9.59 Å². The molecule has 1 saturated heterocycles. The Morgan fingerprint density at radius 3 is 2.86 bits per heavy atom. The van der Waals surface area contributed by atoms with Gasteiger partial charge in [0.25, 0.3) is 0 Å². The number of rotatable bonds is 4. The van der Waals surface area contributed by atoms with Crippen LogP contribution in [0.1, 0.15) is 42.5 Å². The zero-order chi connectivity index (χ0) is 14.8. The molecule has 1 N–H and O–H groups in total. The highest BCUT2D eigenvalue weighted by molar-refractivity contribution is 7.10. The fraction of sp³-hybridized carbons (Fsp3) is 0.625. The van der Waals surface area contributed by atoms with Crippen LogP contribution >= 0.6 is 11.3 Å². The zero-order valence-electron chi connectivity index (χ0n) is 12.4. The van der Waals surface area contributed by atoms with Crippen molar-refractivity contribution in [2.24, 2.45) is 5.92 Å². The molecule has 0 radical (unpaired) electrons. The van der Waals surface area contributed by atoms with Gasteiger partial charge >= 0.3 is 0 Å². The van der Waals surface area contributed by atoms with E-state index in [-0.39, 0.29) is 17.7 Å². The van der Waals surface area contributed by atoms with E-state index in [4.69, 9.17) is 0 Å². The summed E-state index contributed by atoms with van der Waals surface area (Å²) in [5.41, 5.74) is 1.23. The van der Waals surface area contributed by atoms with Gasteiger partial charge < -0.3 is 10.2 Å². The van der Waals surface area contributed by atoms with E-state index in [0.29, 0.717) is 25.6 Å². The molecule has 0 aromatic carbocycles. The van der Waals surface area contributed by atoms with Crippen molar-refractivity contribution in [2.45, 2.75) is 51.6 Å². The van der Waals surface area contributed by atoms with Gasteiger partial charge in [-0.2, -0.15) is 0 Å². The summed E-state index contributed by atoms with van der Waals surface area (Å²) in [6, 6.07) is 2.48. The third kappa shape index (κ3) is 3.28. The number of thiophene rings is 1. The lowest BCUT2D eigenvalue weighted by Gasteiger charge is -2.23. The van der Waals surface area contributed by atoms with Crippen LogP contribution in [0, 0.1) is 12.8 Å². The van der Waals surface area contributed by atoms with Crippen molar-refractivity contribution in [3.05, 3.63) is 21.9 Å². The van der Waals surface area contributed by atoms with E-state index in [1.54, 1.807) is 11.3 Å². The van der Waals surface area contributed by atoms with Crippen molar-refractivity contribution >= 4 is 23.2 Å². The zero-order valence-corrected chi connectivity index (χ0v) is 13.2. The molecule has 1 aromatic heterocycles. The second-order valence-electron chi connectivity index (χ2n) is 6.19. The number of carbonyl (C=O) groups excluding carboxylic acids is 2. The van der Waals surface area contributed by atoms with Gasteiger partial charge in [0.15, 0.2) is 0 Å². The molecule has 2 amide bonds. The van der Waals surface area contributed by atoms with E-state index in [2.05, 4.69) is 23.7 Å². The second-order valence-corrected chi connectivity index (χ2v) is 7.19. The molecule has 0 spiro atoms. The van der Waals surface area contributed by atoms with Gasteiger partial charge in [-0.05, 0) is 36.8 Å². The molecule has 3 rings (SSSR count). The summed E-state index contributed by atoms with van der Waals surface area (Å²) in [5.74, 6) is 0.0167. The number of hydrogen-bond acceptors (Lipinski definition) is 3. The van der Waals surface area contributed by atoms with Gasteiger partial charge in [-0.1, -0.05) is 12.8 Å². The molecule has 2 fully saturated rings. The number of nitrogens with zero attached hydrogens (tertiary/aromatic N) is 1. The molecule has 4 nitrogen and oxygen atoms in total. The Bertz CT molecular complexity index is 534. The van der Waals surface area contributed by atoms with Crippen molar-refractivity contribution in [2.75, 3.05) is 6.54 Å². The number of aryl methyl sites for hydroxylation is 1. The standard InChI is InChI=1S/C16H22N2O2S/c1-11-6-14(21-10-11)8-17-16(20)12-7-15(19)18(9-12)13-4-2-3-5-13/h6,10,12-13H,2-5,7-9H2,1H3,(H,17,20). The lowest BCUT2D eigenvalue weighted by molar-refractivity contribution is -0.130. The molecule has 114 valence electrons. The first-order chi connectivity index (χ1) is 10.1. The largest absolute Gasteiger partial charge is 0.351 e. The first kappa shape index (κ1) is 14.6. The van der Waals surface area contributed by atoms with Crippen molar-refractivity contribution in [1.29, 1.82) is 0 Å². The molecule has 1 aliphatic heterocycles. The van der Waals surface area contributed by atoms with Gasteiger partial charge in [0.1, 0.15) is 0 Å². The minimum Gasteiger partial charge on any atom is -0.351 e. The SMILES string of the molecule is Cc1csc(CNC(=O)C2CC(=O)N(C3CCCC3)C2)c1. The molecule has 1 atom stereocenters. The first-order valence-corrected chi connectivity index (χ1v) is 8.62. The van der Waals surface area contributed by atoms with Crippen LogP contribution in [0.25, 0.3) is 0 Å². The molecule has 1 saturated carbocycles. The molecule has 2 heterocycles. The second kappa shape index (κ2) is 6.18. The molecular formula is C16H22N2O2S. The van der Waals surface area contributed by atoms with Crippen LogP contribution in [-0.4, -0.2) is 29.3 Å². The van der Waals surface area contributed by atoms with E-state index in [1.807, 2.05) is 4.90 Å². The number of hydrogen-bond donors (Lipinski definition) is 1. The molecule has 1 aliphatic carbocycles. The van der Waals surface area contributed by atoms with E-state index in [1.165, 1.54) is 18.4 Å². The quantitative estimate of drug-likeness (QED) is 0.929. The van der Waals surface area contributed by atoms with Gasteiger partial charge in [0.2, 0.25) is 11.8 Å². The van der Waals surface area contributed by atoms with Crippen molar-refractivity contribution in [1.82, 2.24) is 10.2 Å².